The van der Waals surface area contributed by atoms with Crippen molar-refractivity contribution >= 4 is 23.4 Å². The Bertz CT molecular complexity index is 995. The zero-order valence-electron chi connectivity index (χ0n) is 18.7. The number of hydrogen-bond donors (Lipinski definition) is 2. The molecule has 0 saturated heterocycles. The Morgan fingerprint density at radius 1 is 1.12 bits per heavy atom. The second kappa shape index (κ2) is 10.5. The van der Waals surface area contributed by atoms with E-state index in [2.05, 4.69) is 22.5 Å². The summed E-state index contributed by atoms with van der Waals surface area (Å²) in [4.78, 5) is 29.5. The summed E-state index contributed by atoms with van der Waals surface area (Å²) in [6.07, 6.45) is 7.60. The van der Waals surface area contributed by atoms with Crippen molar-refractivity contribution in [1.82, 2.24) is 15.6 Å². The Kier molecular flexibility index (Phi) is 7.48. The number of aryl methyl sites for hydroxylation is 1. The van der Waals surface area contributed by atoms with Crippen molar-refractivity contribution in [2.45, 2.75) is 57.5 Å². The van der Waals surface area contributed by atoms with E-state index in [1.165, 1.54) is 12.1 Å². The molecule has 33 heavy (non-hydrogen) atoms. The van der Waals surface area contributed by atoms with Crippen LogP contribution in [0.5, 0.6) is 5.75 Å². The van der Waals surface area contributed by atoms with Gasteiger partial charge in [0.1, 0.15) is 17.3 Å². The first-order valence-electron chi connectivity index (χ1n) is 11.6. The van der Waals surface area contributed by atoms with E-state index in [0.29, 0.717) is 24.0 Å². The molecule has 3 fully saturated rings. The van der Waals surface area contributed by atoms with Crippen molar-refractivity contribution in [2.75, 3.05) is 6.61 Å². The highest BCUT2D eigenvalue weighted by atomic mass is 35.5. The van der Waals surface area contributed by atoms with Crippen LogP contribution in [0.15, 0.2) is 36.5 Å². The molecule has 3 aliphatic carbocycles. The molecule has 2 N–H and O–H groups in total. The zero-order valence-corrected chi connectivity index (χ0v) is 19.4. The molecule has 6 nitrogen and oxygen atoms in total. The van der Waals surface area contributed by atoms with Crippen LogP contribution in [0, 0.1) is 17.7 Å². The summed E-state index contributed by atoms with van der Waals surface area (Å²) in [7, 11) is 0. The van der Waals surface area contributed by atoms with Crippen LogP contribution in [-0.4, -0.2) is 35.5 Å². The van der Waals surface area contributed by atoms with E-state index in [9.17, 15) is 14.0 Å². The molecule has 2 aromatic rings. The highest BCUT2D eigenvalue weighted by molar-refractivity contribution is 6.30. The van der Waals surface area contributed by atoms with Crippen molar-refractivity contribution in [1.29, 1.82) is 0 Å². The normalized spacial score (nSPS) is 23.4. The molecule has 1 aromatic carbocycles. The number of nitrogens with zero attached hydrogens (tertiary/aromatic N) is 1. The molecule has 1 aromatic heterocycles. The van der Waals surface area contributed by atoms with E-state index in [1.54, 1.807) is 12.3 Å². The summed E-state index contributed by atoms with van der Waals surface area (Å²) in [5, 5.41) is 6.15. The smallest absolute Gasteiger partial charge is 0.270 e. The molecule has 176 valence electrons. The zero-order chi connectivity index (χ0) is 23.4. The van der Waals surface area contributed by atoms with Crippen LogP contribution in [0.4, 0.5) is 4.39 Å². The summed E-state index contributed by atoms with van der Waals surface area (Å²) in [6, 6.07) is 7.79. The fourth-order valence-electron chi connectivity index (χ4n) is 4.67. The van der Waals surface area contributed by atoms with Gasteiger partial charge < -0.3 is 15.4 Å². The van der Waals surface area contributed by atoms with Gasteiger partial charge in [0, 0.05) is 24.3 Å². The number of benzene rings is 1. The third-order valence-electron chi connectivity index (χ3n) is 6.66. The first-order chi connectivity index (χ1) is 15.9. The third kappa shape index (κ3) is 5.82. The highest BCUT2D eigenvalue weighted by Gasteiger charge is 2.47. The lowest BCUT2D eigenvalue weighted by atomic mass is 9.60. The molecule has 3 saturated carbocycles. The summed E-state index contributed by atoms with van der Waals surface area (Å²) in [6.45, 7) is 1.94. The van der Waals surface area contributed by atoms with Crippen molar-refractivity contribution in [3.05, 3.63) is 58.6 Å². The summed E-state index contributed by atoms with van der Waals surface area (Å²) >= 11 is 5.66. The molecule has 5 rings (SSSR count). The van der Waals surface area contributed by atoms with Crippen molar-refractivity contribution in [3.8, 4) is 5.75 Å². The largest absolute Gasteiger partial charge is 0.484 e. The molecule has 2 bridgehead atoms. The van der Waals surface area contributed by atoms with E-state index < -0.39 is 5.82 Å². The number of carbonyl (C=O) groups is 2. The minimum Gasteiger partial charge on any atom is -0.484 e. The van der Waals surface area contributed by atoms with Gasteiger partial charge in [-0.15, -0.1) is 0 Å². The van der Waals surface area contributed by atoms with Crippen LogP contribution < -0.4 is 15.4 Å². The lowest BCUT2D eigenvalue weighted by molar-refractivity contribution is -0.125. The van der Waals surface area contributed by atoms with Crippen LogP contribution >= 0.6 is 11.6 Å². The molecular formula is C25H29ClFN3O3. The number of nitrogens with one attached hydrogen (secondary N) is 2. The van der Waals surface area contributed by atoms with E-state index in [0.717, 1.165) is 43.7 Å². The Hall–Kier alpha value is -2.67. The van der Waals surface area contributed by atoms with Gasteiger partial charge >= 0.3 is 0 Å². The summed E-state index contributed by atoms with van der Waals surface area (Å²) in [5.41, 5.74) is 1.56. The minimum absolute atomic E-state index is 0.000599. The molecule has 0 radical (unpaired) electrons. The molecule has 0 aliphatic heterocycles. The van der Waals surface area contributed by atoms with E-state index in [1.807, 2.05) is 6.07 Å². The Morgan fingerprint density at radius 2 is 1.88 bits per heavy atom. The van der Waals surface area contributed by atoms with Crippen LogP contribution in [0.3, 0.4) is 0 Å². The Labute approximate surface area is 198 Å². The lowest BCUT2D eigenvalue weighted by Gasteiger charge is -2.51. The van der Waals surface area contributed by atoms with E-state index in [4.69, 9.17) is 16.3 Å². The summed E-state index contributed by atoms with van der Waals surface area (Å²) < 4.78 is 18.9. The van der Waals surface area contributed by atoms with E-state index in [-0.39, 0.29) is 41.3 Å². The average molecular weight is 474 g/mol. The van der Waals surface area contributed by atoms with Gasteiger partial charge in [-0.3, -0.25) is 14.6 Å². The second-order valence-electron chi connectivity index (χ2n) is 9.00. The maximum absolute atomic E-state index is 13.5. The molecule has 2 amide bonds. The maximum atomic E-state index is 13.5. The van der Waals surface area contributed by atoms with Crippen LogP contribution in [-0.2, 0) is 11.2 Å². The van der Waals surface area contributed by atoms with Gasteiger partial charge in [-0.2, -0.15) is 0 Å². The first kappa shape index (κ1) is 23.5. The standard InChI is InChI=1S/C25H29ClFN3O3/c1-2-3-4-15-5-8-21(28-13-15)25(32)30-23-12-22(16-9-17(23)10-16)29-24(31)14-33-18-6-7-19(26)20(27)11-18/h5-8,11,13,16-17,22-23H,2-4,9-10,12,14H2,1H3,(H,29,31)(H,30,32)/t16?,17?,22-,23?/m0/s1. The van der Waals surface area contributed by atoms with E-state index >= 15 is 0 Å². The number of pyridine rings is 1. The van der Waals surface area contributed by atoms with Gasteiger partial charge in [0.2, 0.25) is 0 Å². The maximum Gasteiger partial charge on any atom is 0.270 e. The van der Waals surface area contributed by atoms with Gasteiger partial charge in [0.05, 0.1) is 5.02 Å². The van der Waals surface area contributed by atoms with Gasteiger partial charge in [0.25, 0.3) is 11.8 Å². The monoisotopic (exact) mass is 473 g/mol. The van der Waals surface area contributed by atoms with Crippen molar-refractivity contribution < 1.29 is 18.7 Å². The predicted octanol–water partition coefficient (Wildman–Crippen LogP) is 4.31. The van der Waals surface area contributed by atoms with Crippen LogP contribution in [0.25, 0.3) is 0 Å². The van der Waals surface area contributed by atoms with Gasteiger partial charge in [0.15, 0.2) is 6.61 Å². The fraction of sp³-hybridized carbons (Fsp3) is 0.480. The summed E-state index contributed by atoms with van der Waals surface area (Å²) in [5.74, 6) is 0.0600. The Balaban J connectivity index is 1.27. The second-order valence-corrected chi connectivity index (χ2v) is 9.41. The number of carbonyl (C=O) groups excluding carboxylic acids is 2. The SMILES string of the molecule is CCCCc1ccc(C(=O)NC2C[C@H](NC(=O)COc3ccc(Cl)c(F)c3)C3CC2C3)nc1. The number of ether oxygens (including phenoxy) is 1. The van der Waals surface area contributed by atoms with Crippen LogP contribution in [0.2, 0.25) is 5.02 Å². The number of amides is 2. The van der Waals surface area contributed by atoms with Crippen molar-refractivity contribution in [3.63, 3.8) is 0 Å². The number of fused-ring (bicyclic) bond motifs is 2. The first-order valence-corrected chi connectivity index (χ1v) is 11.9. The van der Waals surface area contributed by atoms with Crippen LogP contribution in [0.1, 0.15) is 55.1 Å². The molecule has 3 aliphatic rings. The van der Waals surface area contributed by atoms with Gasteiger partial charge in [-0.1, -0.05) is 31.0 Å². The number of halogens is 2. The Morgan fingerprint density at radius 3 is 2.55 bits per heavy atom. The third-order valence-corrected chi connectivity index (χ3v) is 6.96. The number of aromatic nitrogens is 1. The molecule has 8 heteroatoms. The molecule has 0 spiro atoms. The molecule has 1 heterocycles. The quantitative estimate of drug-likeness (QED) is 0.568. The lowest BCUT2D eigenvalue weighted by Crippen LogP contribution is -2.60. The minimum atomic E-state index is -0.592. The molecular weight excluding hydrogens is 445 g/mol. The predicted molar refractivity (Wildman–Crippen MR) is 124 cm³/mol. The molecule has 2 atom stereocenters. The van der Waals surface area contributed by atoms with Gasteiger partial charge in [-0.05, 0) is 67.7 Å². The topological polar surface area (TPSA) is 80.3 Å². The average Bonchev–Trinajstić information content (AvgIpc) is 2.78. The highest BCUT2D eigenvalue weighted by Crippen LogP contribution is 2.45. The van der Waals surface area contributed by atoms with Crippen molar-refractivity contribution in [2.24, 2.45) is 11.8 Å². The number of unbranched alkanes of at least 4 members (excludes halogenated alkanes) is 1. The molecule has 1 unspecified atom stereocenters. The number of hydrogen-bond acceptors (Lipinski definition) is 4. The van der Waals surface area contributed by atoms with Gasteiger partial charge in [-0.25, -0.2) is 4.39 Å². The fourth-order valence-corrected chi connectivity index (χ4v) is 4.79. The number of rotatable bonds is 9.